The van der Waals surface area contributed by atoms with Gasteiger partial charge in [0.15, 0.2) is 6.04 Å². The maximum absolute atomic E-state index is 12.0. The molecule has 22 heavy (non-hydrogen) atoms. The van der Waals surface area contributed by atoms with E-state index in [0.717, 1.165) is 18.4 Å². The molecule has 0 aromatic carbocycles. The van der Waals surface area contributed by atoms with Crippen molar-refractivity contribution in [1.82, 2.24) is 5.32 Å². The topological polar surface area (TPSA) is 64.6 Å². The summed E-state index contributed by atoms with van der Waals surface area (Å²) in [5.41, 5.74) is 4.17. The van der Waals surface area contributed by atoms with Crippen molar-refractivity contribution in [1.29, 1.82) is 0 Å². The van der Waals surface area contributed by atoms with Crippen LogP contribution in [0.3, 0.4) is 0 Å². The Bertz CT molecular complexity index is 450. The van der Waals surface area contributed by atoms with Crippen LogP contribution in [0.25, 0.3) is 0 Å². The van der Waals surface area contributed by atoms with Gasteiger partial charge in [0.2, 0.25) is 0 Å². The van der Waals surface area contributed by atoms with Crippen LogP contribution < -0.4 is 5.32 Å². The van der Waals surface area contributed by atoms with Crippen LogP contribution in [0.15, 0.2) is 16.9 Å². The van der Waals surface area contributed by atoms with Gasteiger partial charge in [-0.15, -0.1) is 5.73 Å². The predicted molar refractivity (Wildman–Crippen MR) is 86.6 cm³/mol. The van der Waals surface area contributed by atoms with Crippen LogP contribution in [0.5, 0.6) is 0 Å². The van der Waals surface area contributed by atoms with E-state index in [4.69, 9.17) is 9.47 Å². The van der Waals surface area contributed by atoms with Gasteiger partial charge < -0.3 is 14.8 Å². The highest BCUT2D eigenvalue weighted by Gasteiger charge is 2.28. The molecule has 0 aliphatic carbocycles. The average Bonchev–Trinajstić information content (AvgIpc) is 2.37. The molecule has 0 spiro atoms. The van der Waals surface area contributed by atoms with Crippen molar-refractivity contribution in [2.24, 2.45) is 0 Å². The molecule has 0 aromatic heterocycles. The van der Waals surface area contributed by atoms with Crippen molar-refractivity contribution < 1.29 is 19.1 Å². The molecule has 0 heterocycles. The number of rotatable bonds is 6. The summed E-state index contributed by atoms with van der Waals surface area (Å²) in [6.07, 6.45) is 1.90. The quantitative estimate of drug-likeness (QED) is 0.599. The van der Waals surface area contributed by atoms with Gasteiger partial charge in [-0.1, -0.05) is 13.3 Å². The fourth-order valence-corrected chi connectivity index (χ4v) is 1.80. The molecule has 0 aliphatic rings. The van der Waals surface area contributed by atoms with E-state index in [1.165, 1.54) is 7.11 Å². The molecule has 1 amide bonds. The van der Waals surface area contributed by atoms with Crippen molar-refractivity contribution in [3.05, 3.63) is 16.9 Å². The number of esters is 1. The molecular weight excluding hydrogens is 282 g/mol. The van der Waals surface area contributed by atoms with E-state index in [9.17, 15) is 9.59 Å². The molecule has 0 radical (unpaired) electrons. The van der Waals surface area contributed by atoms with E-state index in [2.05, 4.69) is 18.0 Å². The summed E-state index contributed by atoms with van der Waals surface area (Å²) in [7, 11) is 1.30. The lowest BCUT2D eigenvalue weighted by Crippen LogP contribution is -2.45. The summed E-state index contributed by atoms with van der Waals surface area (Å²) >= 11 is 0. The lowest BCUT2D eigenvalue weighted by Gasteiger charge is -2.23. The van der Waals surface area contributed by atoms with Crippen LogP contribution in [0.2, 0.25) is 0 Å². The molecule has 0 saturated carbocycles. The first-order valence-corrected chi connectivity index (χ1v) is 7.61. The Hall–Kier alpha value is -1.74. The Morgan fingerprint density at radius 1 is 1.23 bits per heavy atom. The molecule has 126 valence electrons. The lowest BCUT2D eigenvalue weighted by atomic mass is 10.0. The Labute approximate surface area is 133 Å². The zero-order valence-electron chi connectivity index (χ0n) is 14.8. The molecule has 5 heteroatoms. The zero-order valence-corrected chi connectivity index (χ0v) is 14.8. The molecular formula is C17H29NO4. The minimum absolute atomic E-state index is 0.522. The third-order valence-corrected chi connectivity index (χ3v) is 2.66. The SMILES string of the molecule is CCCCC(=C=C(C)C)[C@@H](NC(=O)OC(C)(C)C)C(=O)OC. The van der Waals surface area contributed by atoms with E-state index in [1.54, 1.807) is 20.8 Å². The van der Waals surface area contributed by atoms with Crippen molar-refractivity contribution in [2.45, 2.75) is 72.4 Å². The number of ether oxygens (including phenoxy) is 2. The smallest absolute Gasteiger partial charge is 0.408 e. The normalized spacial score (nSPS) is 12.0. The minimum atomic E-state index is -0.874. The van der Waals surface area contributed by atoms with Crippen LogP contribution in [0.1, 0.15) is 60.8 Å². The van der Waals surface area contributed by atoms with Crippen LogP contribution >= 0.6 is 0 Å². The highest BCUT2D eigenvalue weighted by Crippen LogP contribution is 2.15. The summed E-state index contributed by atoms with van der Waals surface area (Å²) in [4.78, 5) is 24.0. The van der Waals surface area contributed by atoms with Crippen LogP contribution in [-0.2, 0) is 14.3 Å². The van der Waals surface area contributed by atoms with E-state index in [-0.39, 0.29) is 0 Å². The number of hydrogen-bond donors (Lipinski definition) is 1. The summed E-state index contributed by atoms with van der Waals surface area (Å²) < 4.78 is 10.0. The summed E-state index contributed by atoms with van der Waals surface area (Å²) in [6, 6.07) is -0.874. The molecule has 0 aromatic rings. The van der Waals surface area contributed by atoms with Gasteiger partial charge in [0.25, 0.3) is 0 Å². The fraction of sp³-hybridized carbons (Fsp3) is 0.706. The highest BCUT2D eigenvalue weighted by atomic mass is 16.6. The zero-order chi connectivity index (χ0) is 17.3. The monoisotopic (exact) mass is 311 g/mol. The van der Waals surface area contributed by atoms with E-state index >= 15 is 0 Å². The maximum atomic E-state index is 12.0. The number of nitrogens with one attached hydrogen (secondary N) is 1. The van der Waals surface area contributed by atoms with E-state index < -0.39 is 23.7 Å². The van der Waals surface area contributed by atoms with Crippen molar-refractivity contribution in [3.63, 3.8) is 0 Å². The molecule has 0 saturated heterocycles. The predicted octanol–water partition coefficient (Wildman–Crippen LogP) is 3.73. The van der Waals surface area contributed by atoms with Crippen molar-refractivity contribution >= 4 is 12.1 Å². The molecule has 0 aliphatic heterocycles. The second kappa shape index (κ2) is 9.31. The molecule has 0 unspecified atom stereocenters. The lowest BCUT2D eigenvalue weighted by molar-refractivity contribution is -0.142. The number of alkyl carbamates (subject to hydrolysis) is 1. The number of hydrogen-bond acceptors (Lipinski definition) is 4. The van der Waals surface area contributed by atoms with Gasteiger partial charge in [0.1, 0.15) is 5.60 Å². The van der Waals surface area contributed by atoms with Gasteiger partial charge in [-0.3, -0.25) is 0 Å². The standard InChI is InChI=1S/C17H29NO4/c1-8-9-10-13(11-12(2)3)14(15(19)21-7)18-16(20)22-17(4,5)6/h14H,8-10H2,1-7H3,(H,18,20)/t14-/m1/s1. The molecule has 1 N–H and O–H groups in total. The number of amides is 1. The molecule has 5 nitrogen and oxygen atoms in total. The Morgan fingerprint density at radius 2 is 1.82 bits per heavy atom. The highest BCUT2D eigenvalue weighted by molar-refractivity contribution is 5.84. The number of carbonyl (C=O) groups excluding carboxylic acids is 2. The average molecular weight is 311 g/mol. The first-order valence-electron chi connectivity index (χ1n) is 7.61. The summed E-state index contributed by atoms with van der Waals surface area (Å²) in [5.74, 6) is -0.522. The Morgan fingerprint density at radius 3 is 2.23 bits per heavy atom. The third kappa shape index (κ3) is 8.53. The summed E-state index contributed by atoms with van der Waals surface area (Å²) in [5, 5.41) is 2.59. The van der Waals surface area contributed by atoms with E-state index in [1.807, 2.05) is 13.8 Å². The van der Waals surface area contributed by atoms with Crippen LogP contribution in [0, 0.1) is 0 Å². The van der Waals surface area contributed by atoms with Crippen molar-refractivity contribution in [3.8, 4) is 0 Å². The minimum Gasteiger partial charge on any atom is -0.467 e. The molecule has 0 fully saturated rings. The first kappa shape index (κ1) is 20.3. The van der Waals surface area contributed by atoms with Gasteiger partial charge in [0, 0.05) is 5.57 Å². The molecule has 1 atom stereocenters. The van der Waals surface area contributed by atoms with Crippen LogP contribution in [-0.4, -0.2) is 30.8 Å². The first-order chi connectivity index (χ1) is 10.1. The van der Waals surface area contributed by atoms with Crippen molar-refractivity contribution in [2.75, 3.05) is 7.11 Å². The van der Waals surface area contributed by atoms with Gasteiger partial charge in [-0.25, -0.2) is 9.59 Å². The second-order valence-electron chi connectivity index (χ2n) is 6.36. The number of unbranched alkanes of at least 4 members (excludes halogenated alkanes) is 1. The molecule has 0 rings (SSSR count). The van der Waals surface area contributed by atoms with E-state index in [0.29, 0.717) is 12.0 Å². The van der Waals surface area contributed by atoms with Gasteiger partial charge in [-0.05, 0) is 53.0 Å². The van der Waals surface area contributed by atoms with Gasteiger partial charge in [-0.2, -0.15) is 0 Å². The van der Waals surface area contributed by atoms with Gasteiger partial charge in [0.05, 0.1) is 7.11 Å². The largest absolute Gasteiger partial charge is 0.467 e. The van der Waals surface area contributed by atoms with Crippen LogP contribution in [0.4, 0.5) is 4.79 Å². The maximum Gasteiger partial charge on any atom is 0.408 e. The number of methoxy groups -OCH3 is 1. The number of carbonyl (C=O) groups is 2. The summed E-state index contributed by atoms with van der Waals surface area (Å²) in [6.45, 7) is 11.2. The third-order valence-electron chi connectivity index (χ3n) is 2.66. The van der Waals surface area contributed by atoms with Gasteiger partial charge >= 0.3 is 12.1 Å². The molecule has 0 bridgehead atoms. The fourth-order valence-electron chi connectivity index (χ4n) is 1.80. The second-order valence-corrected chi connectivity index (χ2v) is 6.36. The Balaban J connectivity index is 5.37. The Kier molecular flexibility index (Phi) is 8.58.